The summed E-state index contributed by atoms with van der Waals surface area (Å²) in [5.41, 5.74) is 0. The van der Waals surface area contributed by atoms with E-state index in [1.807, 2.05) is 0 Å². The molecule has 0 aromatic rings. The molecular weight excluding hydrogens is 172 g/mol. The van der Waals surface area contributed by atoms with Crippen LogP contribution in [0.15, 0.2) is 12.2 Å². The molecule has 0 fully saturated rings. The number of carbonyl (C=O) groups excluding carboxylic acids is 2. The van der Waals surface area contributed by atoms with Gasteiger partial charge >= 0.3 is 5.97 Å². The number of aliphatic hydroxyl groups is 1. The fourth-order valence-corrected chi connectivity index (χ4v) is 0.634. The molecule has 0 saturated carbocycles. The summed E-state index contributed by atoms with van der Waals surface area (Å²) < 4.78 is 4.71. The van der Waals surface area contributed by atoms with Crippen molar-refractivity contribution in [2.24, 2.45) is 0 Å². The van der Waals surface area contributed by atoms with Gasteiger partial charge < -0.3 is 14.6 Å². The predicted molar refractivity (Wildman–Crippen MR) is 47.1 cm³/mol. The maximum Gasteiger partial charge on any atom is 0.306 e. The third-order valence-corrected chi connectivity index (χ3v) is 1.29. The van der Waals surface area contributed by atoms with Crippen LogP contribution in [0.5, 0.6) is 0 Å². The van der Waals surface area contributed by atoms with Crippen molar-refractivity contribution in [2.75, 3.05) is 13.2 Å². The van der Waals surface area contributed by atoms with Gasteiger partial charge in [-0.2, -0.15) is 0 Å². The SMILES string of the molecule is CC(=O)CCC(=O)OC/C=C/CO. The normalized spacial score (nSPS) is 10.3. The molecule has 4 heteroatoms. The van der Waals surface area contributed by atoms with E-state index in [4.69, 9.17) is 9.84 Å². The van der Waals surface area contributed by atoms with Crippen LogP contribution in [0.3, 0.4) is 0 Å². The molecule has 0 heterocycles. The highest BCUT2D eigenvalue weighted by Crippen LogP contribution is 1.93. The Morgan fingerprint density at radius 2 is 2.00 bits per heavy atom. The first-order valence-electron chi connectivity index (χ1n) is 4.07. The average Bonchev–Trinajstić information content (AvgIpc) is 2.09. The number of rotatable bonds is 6. The minimum atomic E-state index is -0.391. The largest absolute Gasteiger partial charge is 0.461 e. The van der Waals surface area contributed by atoms with Crippen molar-refractivity contribution in [1.82, 2.24) is 0 Å². The lowest BCUT2D eigenvalue weighted by molar-refractivity contribution is -0.143. The summed E-state index contributed by atoms with van der Waals surface area (Å²) in [6.45, 7) is 1.52. The van der Waals surface area contributed by atoms with Gasteiger partial charge in [0.15, 0.2) is 0 Å². The number of hydrogen-bond donors (Lipinski definition) is 1. The van der Waals surface area contributed by atoms with Gasteiger partial charge in [-0.25, -0.2) is 0 Å². The van der Waals surface area contributed by atoms with Gasteiger partial charge in [-0.1, -0.05) is 6.08 Å². The second kappa shape index (κ2) is 7.49. The molecule has 13 heavy (non-hydrogen) atoms. The van der Waals surface area contributed by atoms with Crippen molar-refractivity contribution in [3.8, 4) is 0 Å². The average molecular weight is 186 g/mol. The maximum atomic E-state index is 10.8. The van der Waals surface area contributed by atoms with Crippen LogP contribution in [-0.4, -0.2) is 30.1 Å². The lowest BCUT2D eigenvalue weighted by Gasteiger charge is -1.99. The van der Waals surface area contributed by atoms with E-state index in [2.05, 4.69) is 0 Å². The van der Waals surface area contributed by atoms with Crippen LogP contribution >= 0.6 is 0 Å². The van der Waals surface area contributed by atoms with Gasteiger partial charge in [0.05, 0.1) is 13.0 Å². The molecule has 0 aliphatic rings. The minimum absolute atomic E-state index is 0.0251. The molecule has 0 aromatic heterocycles. The Bertz CT molecular complexity index is 196. The fourth-order valence-electron chi connectivity index (χ4n) is 0.634. The molecule has 0 aliphatic carbocycles. The van der Waals surface area contributed by atoms with E-state index in [0.717, 1.165) is 0 Å². The topological polar surface area (TPSA) is 63.6 Å². The molecular formula is C9H14O4. The van der Waals surface area contributed by atoms with Gasteiger partial charge in [0.1, 0.15) is 12.4 Å². The summed E-state index contributed by atoms with van der Waals surface area (Å²) in [6, 6.07) is 0. The Morgan fingerprint density at radius 3 is 2.54 bits per heavy atom. The zero-order valence-corrected chi connectivity index (χ0v) is 7.66. The molecule has 0 spiro atoms. The van der Waals surface area contributed by atoms with E-state index in [1.165, 1.54) is 13.0 Å². The van der Waals surface area contributed by atoms with Crippen LogP contribution in [0.4, 0.5) is 0 Å². The van der Waals surface area contributed by atoms with Crippen LogP contribution in [0, 0.1) is 0 Å². The molecule has 0 unspecified atom stereocenters. The number of carbonyl (C=O) groups is 2. The number of Topliss-reactive ketones (excluding diaryl/α,β-unsaturated/α-hetero) is 1. The van der Waals surface area contributed by atoms with Gasteiger partial charge in [0.25, 0.3) is 0 Å². The Hall–Kier alpha value is -1.16. The third kappa shape index (κ3) is 8.75. The summed E-state index contributed by atoms with van der Waals surface area (Å²) in [5.74, 6) is -0.416. The summed E-state index contributed by atoms with van der Waals surface area (Å²) >= 11 is 0. The van der Waals surface area contributed by atoms with Crippen molar-refractivity contribution in [1.29, 1.82) is 0 Å². The summed E-state index contributed by atoms with van der Waals surface area (Å²) in [7, 11) is 0. The minimum Gasteiger partial charge on any atom is -0.461 e. The predicted octanol–water partition coefficient (Wildman–Crippen LogP) is 0.447. The second-order valence-corrected chi connectivity index (χ2v) is 2.54. The first-order chi connectivity index (χ1) is 6.16. The van der Waals surface area contributed by atoms with Crippen LogP contribution < -0.4 is 0 Å². The van der Waals surface area contributed by atoms with E-state index >= 15 is 0 Å². The molecule has 0 bridgehead atoms. The Labute approximate surface area is 77.2 Å². The quantitative estimate of drug-likeness (QED) is 0.483. The number of ketones is 1. The van der Waals surface area contributed by atoms with E-state index in [0.29, 0.717) is 0 Å². The van der Waals surface area contributed by atoms with Crippen molar-refractivity contribution in [3.05, 3.63) is 12.2 Å². The number of aliphatic hydroxyl groups excluding tert-OH is 1. The third-order valence-electron chi connectivity index (χ3n) is 1.29. The molecule has 0 aliphatic heterocycles. The fraction of sp³-hybridized carbons (Fsp3) is 0.556. The van der Waals surface area contributed by atoms with Crippen LogP contribution in [0.2, 0.25) is 0 Å². The smallest absolute Gasteiger partial charge is 0.306 e. The monoisotopic (exact) mass is 186 g/mol. The van der Waals surface area contributed by atoms with E-state index in [1.54, 1.807) is 6.08 Å². The number of hydrogen-bond acceptors (Lipinski definition) is 4. The maximum absolute atomic E-state index is 10.8. The van der Waals surface area contributed by atoms with Gasteiger partial charge in [-0.3, -0.25) is 4.79 Å². The lowest BCUT2D eigenvalue weighted by atomic mass is 10.2. The van der Waals surface area contributed by atoms with E-state index in [-0.39, 0.29) is 31.8 Å². The summed E-state index contributed by atoms with van der Waals surface area (Å²) in [5, 5.41) is 8.34. The van der Waals surface area contributed by atoms with Crippen molar-refractivity contribution in [3.63, 3.8) is 0 Å². The summed E-state index contributed by atoms with van der Waals surface area (Å²) in [6.07, 6.45) is 3.38. The molecule has 1 N–H and O–H groups in total. The molecule has 0 amide bonds. The standard InChI is InChI=1S/C9H14O4/c1-8(11)4-5-9(12)13-7-3-2-6-10/h2-3,10H,4-7H2,1H3/b3-2+. The molecule has 0 radical (unpaired) electrons. The Balaban J connectivity index is 3.41. The van der Waals surface area contributed by atoms with Gasteiger partial charge in [0, 0.05) is 6.42 Å². The molecule has 74 valence electrons. The molecule has 0 aromatic carbocycles. The zero-order chi connectivity index (χ0) is 10.1. The Morgan fingerprint density at radius 1 is 1.31 bits per heavy atom. The zero-order valence-electron chi connectivity index (χ0n) is 7.66. The molecule has 0 saturated heterocycles. The molecule has 4 nitrogen and oxygen atoms in total. The van der Waals surface area contributed by atoms with E-state index < -0.39 is 5.97 Å². The van der Waals surface area contributed by atoms with Crippen LogP contribution in [0.25, 0.3) is 0 Å². The lowest BCUT2D eigenvalue weighted by Crippen LogP contribution is -2.06. The van der Waals surface area contributed by atoms with Gasteiger partial charge in [-0.05, 0) is 13.0 Å². The molecule has 0 rings (SSSR count). The highest BCUT2D eigenvalue weighted by atomic mass is 16.5. The first kappa shape index (κ1) is 11.8. The first-order valence-corrected chi connectivity index (χ1v) is 4.07. The van der Waals surface area contributed by atoms with Crippen LogP contribution in [-0.2, 0) is 14.3 Å². The number of esters is 1. The van der Waals surface area contributed by atoms with Gasteiger partial charge in [-0.15, -0.1) is 0 Å². The highest BCUT2D eigenvalue weighted by molar-refractivity contribution is 5.80. The second-order valence-electron chi connectivity index (χ2n) is 2.54. The number of ether oxygens (including phenoxy) is 1. The summed E-state index contributed by atoms with van der Waals surface area (Å²) in [4.78, 5) is 21.3. The van der Waals surface area contributed by atoms with Crippen molar-refractivity contribution >= 4 is 11.8 Å². The van der Waals surface area contributed by atoms with Crippen molar-refractivity contribution < 1.29 is 19.4 Å². The van der Waals surface area contributed by atoms with Crippen molar-refractivity contribution in [2.45, 2.75) is 19.8 Å². The molecule has 0 atom stereocenters. The highest BCUT2D eigenvalue weighted by Gasteiger charge is 2.02. The van der Waals surface area contributed by atoms with Crippen LogP contribution in [0.1, 0.15) is 19.8 Å². The Kier molecular flexibility index (Phi) is 6.82. The van der Waals surface area contributed by atoms with Gasteiger partial charge in [0.2, 0.25) is 0 Å². The van der Waals surface area contributed by atoms with E-state index in [9.17, 15) is 9.59 Å².